The van der Waals surface area contributed by atoms with Gasteiger partial charge in [-0.2, -0.15) is 0 Å². The third-order valence-corrected chi connectivity index (χ3v) is 5.78. The number of aryl methyl sites for hydroxylation is 4. The second kappa shape index (κ2) is 8.04. The molecule has 1 saturated heterocycles. The average molecular weight is 431 g/mol. The largest absolute Gasteiger partial charge is 0.507 e. The van der Waals surface area contributed by atoms with E-state index in [4.69, 9.17) is 9.15 Å². The quantitative estimate of drug-likeness (QED) is 0.351. The summed E-state index contributed by atoms with van der Waals surface area (Å²) in [6.45, 7) is 7.41. The highest BCUT2D eigenvalue weighted by Crippen LogP contribution is 2.43. The second-order valence-electron chi connectivity index (χ2n) is 8.09. The van der Waals surface area contributed by atoms with Crippen LogP contribution in [0.5, 0.6) is 5.75 Å². The van der Waals surface area contributed by atoms with Crippen LogP contribution in [0.2, 0.25) is 0 Å². The number of ether oxygens (including phenoxy) is 1. The minimum atomic E-state index is -0.881. The molecule has 1 aliphatic heterocycles. The predicted octanol–water partition coefficient (Wildman–Crippen LogP) is 5.15. The number of carbonyl (C=O) groups excluding carboxylic acids is 2. The summed E-state index contributed by atoms with van der Waals surface area (Å²) in [5, 5.41) is 11.3. The molecule has 1 N–H and O–H groups in total. The molecule has 1 aliphatic rings. The van der Waals surface area contributed by atoms with Crippen LogP contribution in [0.25, 0.3) is 5.76 Å². The van der Waals surface area contributed by atoms with Gasteiger partial charge in [0.05, 0.1) is 12.7 Å². The van der Waals surface area contributed by atoms with Gasteiger partial charge in [-0.1, -0.05) is 17.7 Å². The minimum absolute atomic E-state index is 0.00223. The summed E-state index contributed by atoms with van der Waals surface area (Å²) in [4.78, 5) is 27.7. The zero-order valence-corrected chi connectivity index (χ0v) is 18.7. The predicted molar refractivity (Wildman–Crippen MR) is 122 cm³/mol. The van der Waals surface area contributed by atoms with E-state index in [-0.39, 0.29) is 11.3 Å². The third kappa shape index (κ3) is 3.47. The maximum absolute atomic E-state index is 13.2. The molecule has 2 heterocycles. The van der Waals surface area contributed by atoms with Crippen molar-refractivity contribution in [2.24, 2.45) is 0 Å². The van der Waals surface area contributed by atoms with Crippen molar-refractivity contribution in [3.8, 4) is 5.75 Å². The Kier molecular flexibility index (Phi) is 5.38. The van der Waals surface area contributed by atoms with Crippen molar-refractivity contribution >= 4 is 23.1 Å². The fourth-order valence-electron chi connectivity index (χ4n) is 4.08. The Hall–Kier alpha value is -3.80. The molecule has 1 atom stereocenters. The summed E-state index contributed by atoms with van der Waals surface area (Å²) in [6, 6.07) is 13.5. The number of ketones is 1. The van der Waals surface area contributed by atoms with E-state index in [1.165, 1.54) is 4.90 Å². The molecule has 0 saturated carbocycles. The minimum Gasteiger partial charge on any atom is -0.507 e. The number of aliphatic hydroxyl groups excluding tert-OH is 1. The van der Waals surface area contributed by atoms with Crippen molar-refractivity contribution in [1.82, 2.24) is 0 Å². The summed E-state index contributed by atoms with van der Waals surface area (Å²) in [5.74, 6) is 0.0302. The van der Waals surface area contributed by atoms with E-state index in [9.17, 15) is 14.7 Å². The first-order valence-corrected chi connectivity index (χ1v) is 10.3. The molecule has 1 unspecified atom stereocenters. The first-order valence-electron chi connectivity index (χ1n) is 10.3. The summed E-state index contributed by atoms with van der Waals surface area (Å²) in [7, 11) is 1.58. The van der Waals surface area contributed by atoms with Gasteiger partial charge in [-0.25, -0.2) is 0 Å². The number of furan rings is 1. The number of carbonyl (C=O) groups is 2. The zero-order valence-electron chi connectivity index (χ0n) is 18.7. The van der Waals surface area contributed by atoms with Gasteiger partial charge in [-0.15, -0.1) is 0 Å². The van der Waals surface area contributed by atoms with Gasteiger partial charge in [0, 0.05) is 11.3 Å². The van der Waals surface area contributed by atoms with Crippen LogP contribution in [-0.2, 0) is 9.59 Å². The van der Waals surface area contributed by atoms with E-state index in [2.05, 4.69) is 0 Å². The topological polar surface area (TPSA) is 80.0 Å². The molecular weight excluding hydrogens is 406 g/mol. The SMILES string of the molecule is COc1cc(C)c(/C(O)=C2\C(=O)C(=O)N(c3ccc(C)cc3)C2c2ccc(C)o2)cc1C. The highest BCUT2D eigenvalue weighted by atomic mass is 16.5. The lowest BCUT2D eigenvalue weighted by atomic mass is 9.95. The zero-order chi connectivity index (χ0) is 23.2. The first kappa shape index (κ1) is 21.4. The lowest BCUT2D eigenvalue weighted by Gasteiger charge is -2.23. The second-order valence-corrected chi connectivity index (χ2v) is 8.09. The van der Waals surface area contributed by atoms with Crippen molar-refractivity contribution < 1.29 is 23.8 Å². The van der Waals surface area contributed by atoms with Crippen LogP contribution in [0.3, 0.4) is 0 Å². The van der Waals surface area contributed by atoms with Crippen LogP contribution in [0, 0.1) is 27.7 Å². The molecule has 0 spiro atoms. The van der Waals surface area contributed by atoms with E-state index < -0.39 is 17.7 Å². The molecule has 1 fully saturated rings. The molecule has 2 aromatic carbocycles. The fourth-order valence-corrected chi connectivity index (χ4v) is 4.08. The van der Waals surface area contributed by atoms with E-state index in [1.807, 2.05) is 32.9 Å². The van der Waals surface area contributed by atoms with Crippen LogP contribution in [0.15, 0.2) is 58.5 Å². The standard InChI is InChI=1S/C26H25NO5/c1-14-6-9-18(10-7-14)27-23(20-11-8-17(4)32-20)22(25(29)26(27)30)24(28)19-12-16(3)21(31-5)13-15(19)2/h6-13,23,28H,1-5H3/b24-22+. The number of hydrogen-bond donors (Lipinski definition) is 1. The summed E-state index contributed by atoms with van der Waals surface area (Å²) < 4.78 is 11.2. The van der Waals surface area contributed by atoms with Gasteiger partial charge in [0.2, 0.25) is 0 Å². The Bertz CT molecular complexity index is 1250. The van der Waals surface area contributed by atoms with Gasteiger partial charge in [0.1, 0.15) is 29.1 Å². The molecule has 3 aromatic rings. The van der Waals surface area contributed by atoms with Crippen molar-refractivity contribution in [2.45, 2.75) is 33.7 Å². The smallest absolute Gasteiger partial charge is 0.300 e. The molecule has 1 aromatic heterocycles. The van der Waals surface area contributed by atoms with Gasteiger partial charge in [-0.05, 0) is 75.2 Å². The lowest BCUT2D eigenvalue weighted by Crippen LogP contribution is -2.29. The number of Topliss-reactive ketones (excluding diaryl/α,β-unsaturated/α-hetero) is 1. The van der Waals surface area contributed by atoms with Crippen LogP contribution >= 0.6 is 0 Å². The molecule has 0 radical (unpaired) electrons. The summed E-state index contributed by atoms with van der Waals surface area (Å²) >= 11 is 0. The van der Waals surface area contributed by atoms with Crippen LogP contribution in [0.1, 0.15) is 39.8 Å². The number of hydrogen-bond acceptors (Lipinski definition) is 5. The van der Waals surface area contributed by atoms with Gasteiger partial charge in [-0.3, -0.25) is 14.5 Å². The Morgan fingerprint density at radius 2 is 1.66 bits per heavy atom. The first-order chi connectivity index (χ1) is 15.2. The van der Waals surface area contributed by atoms with Gasteiger partial charge in [0.25, 0.3) is 11.7 Å². The Morgan fingerprint density at radius 3 is 2.25 bits per heavy atom. The number of methoxy groups -OCH3 is 1. The van der Waals surface area contributed by atoms with Crippen molar-refractivity contribution in [3.63, 3.8) is 0 Å². The van der Waals surface area contributed by atoms with E-state index >= 15 is 0 Å². The number of anilines is 1. The van der Waals surface area contributed by atoms with Crippen molar-refractivity contribution in [1.29, 1.82) is 0 Å². The number of nitrogens with zero attached hydrogens (tertiary/aromatic N) is 1. The number of aliphatic hydroxyl groups is 1. The van der Waals surface area contributed by atoms with E-state index in [0.29, 0.717) is 28.5 Å². The average Bonchev–Trinajstić information content (AvgIpc) is 3.30. The van der Waals surface area contributed by atoms with Crippen molar-refractivity contribution in [3.05, 3.63) is 87.9 Å². The number of benzene rings is 2. The lowest BCUT2D eigenvalue weighted by molar-refractivity contribution is -0.132. The monoisotopic (exact) mass is 431 g/mol. The molecule has 0 bridgehead atoms. The third-order valence-electron chi connectivity index (χ3n) is 5.78. The maximum Gasteiger partial charge on any atom is 0.300 e. The maximum atomic E-state index is 13.2. The molecule has 6 heteroatoms. The van der Waals surface area contributed by atoms with E-state index in [0.717, 1.165) is 16.7 Å². The Balaban J connectivity index is 1.95. The summed E-state index contributed by atoms with van der Waals surface area (Å²) in [6.07, 6.45) is 0. The van der Waals surface area contributed by atoms with Crippen LogP contribution in [-0.4, -0.2) is 23.9 Å². The number of amides is 1. The Labute approximate surface area is 186 Å². The molecule has 164 valence electrons. The molecule has 32 heavy (non-hydrogen) atoms. The van der Waals surface area contributed by atoms with Crippen LogP contribution < -0.4 is 9.64 Å². The Morgan fingerprint density at radius 1 is 0.969 bits per heavy atom. The highest BCUT2D eigenvalue weighted by Gasteiger charge is 2.48. The molecule has 0 aliphatic carbocycles. The van der Waals surface area contributed by atoms with Gasteiger partial charge < -0.3 is 14.3 Å². The van der Waals surface area contributed by atoms with Crippen molar-refractivity contribution in [2.75, 3.05) is 12.0 Å². The van der Waals surface area contributed by atoms with Gasteiger partial charge in [0.15, 0.2) is 0 Å². The highest BCUT2D eigenvalue weighted by molar-refractivity contribution is 6.51. The number of rotatable bonds is 4. The molecular formula is C26H25NO5. The van der Waals surface area contributed by atoms with Crippen LogP contribution in [0.4, 0.5) is 5.69 Å². The van der Waals surface area contributed by atoms with E-state index in [1.54, 1.807) is 50.4 Å². The summed E-state index contributed by atoms with van der Waals surface area (Å²) in [5.41, 5.74) is 3.58. The molecule has 6 nitrogen and oxygen atoms in total. The molecule has 4 rings (SSSR count). The normalized spacial score (nSPS) is 17.8. The molecule has 1 amide bonds. The fraction of sp³-hybridized carbons (Fsp3) is 0.231. The van der Waals surface area contributed by atoms with Gasteiger partial charge >= 0.3 is 0 Å².